The van der Waals surface area contributed by atoms with Gasteiger partial charge in [-0.05, 0) is 29.3 Å². The molecule has 1 N–H and O–H groups in total. The standard InChI is InChI=1S/C18H22O3/c1-2-3-4-5-8-11-21-17-13-15-10-7-6-9-14(15)12-16(17)18(19)20/h6-7,9-10,12-13H,2-5,8,11H2,1H3,(H,19,20). The number of carboxylic acid groups (broad SMARTS) is 1. The Bertz CT molecular complexity index is 604. The van der Waals surface area contributed by atoms with Crippen LogP contribution >= 0.6 is 0 Å². The largest absolute Gasteiger partial charge is 0.493 e. The molecule has 0 aliphatic rings. The van der Waals surface area contributed by atoms with Gasteiger partial charge in [-0.1, -0.05) is 56.9 Å². The Balaban J connectivity index is 2.06. The van der Waals surface area contributed by atoms with E-state index >= 15 is 0 Å². The molecule has 0 saturated carbocycles. The Morgan fingerprint density at radius 2 is 1.71 bits per heavy atom. The molecule has 2 aromatic carbocycles. The first kappa shape index (κ1) is 15.4. The van der Waals surface area contributed by atoms with Crippen LogP contribution < -0.4 is 4.74 Å². The van der Waals surface area contributed by atoms with Crippen molar-refractivity contribution in [2.24, 2.45) is 0 Å². The lowest BCUT2D eigenvalue weighted by atomic mass is 10.1. The molecule has 0 radical (unpaired) electrons. The molecule has 0 aromatic heterocycles. The van der Waals surface area contributed by atoms with Crippen LogP contribution in [-0.2, 0) is 0 Å². The summed E-state index contributed by atoms with van der Waals surface area (Å²) in [6, 6.07) is 11.2. The molecule has 0 amide bonds. The van der Waals surface area contributed by atoms with E-state index in [4.69, 9.17) is 4.74 Å². The summed E-state index contributed by atoms with van der Waals surface area (Å²) < 4.78 is 5.71. The molecule has 0 spiro atoms. The van der Waals surface area contributed by atoms with Crippen molar-refractivity contribution in [1.29, 1.82) is 0 Å². The lowest BCUT2D eigenvalue weighted by Crippen LogP contribution is -2.04. The number of hydrogen-bond acceptors (Lipinski definition) is 2. The van der Waals surface area contributed by atoms with Crippen LogP contribution in [0.5, 0.6) is 5.75 Å². The summed E-state index contributed by atoms with van der Waals surface area (Å²) in [4.78, 5) is 11.4. The van der Waals surface area contributed by atoms with E-state index < -0.39 is 5.97 Å². The topological polar surface area (TPSA) is 46.5 Å². The first-order chi connectivity index (χ1) is 10.2. The van der Waals surface area contributed by atoms with Crippen LogP contribution in [0.1, 0.15) is 49.4 Å². The average Bonchev–Trinajstić information content (AvgIpc) is 2.49. The summed E-state index contributed by atoms with van der Waals surface area (Å²) in [5.74, 6) is -0.474. The van der Waals surface area contributed by atoms with Crippen LogP contribution in [0.2, 0.25) is 0 Å². The molecule has 2 aromatic rings. The zero-order valence-electron chi connectivity index (χ0n) is 12.5. The van der Waals surface area contributed by atoms with Crippen molar-refractivity contribution in [2.45, 2.75) is 39.0 Å². The van der Waals surface area contributed by atoms with Gasteiger partial charge in [0, 0.05) is 0 Å². The summed E-state index contributed by atoms with van der Waals surface area (Å²) in [5, 5.41) is 11.2. The highest BCUT2D eigenvalue weighted by molar-refractivity contribution is 5.97. The summed E-state index contributed by atoms with van der Waals surface area (Å²) in [7, 11) is 0. The maximum Gasteiger partial charge on any atom is 0.339 e. The Labute approximate surface area is 125 Å². The quantitative estimate of drug-likeness (QED) is 0.703. The summed E-state index contributed by atoms with van der Waals surface area (Å²) in [6.45, 7) is 2.76. The van der Waals surface area contributed by atoms with Crippen LogP contribution in [-0.4, -0.2) is 17.7 Å². The van der Waals surface area contributed by atoms with E-state index in [0.717, 1.165) is 23.6 Å². The van der Waals surface area contributed by atoms with Gasteiger partial charge in [0.1, 0.15) is 11.3 Å². The van der Waals surface area contributed by atoms with Crippen molar-refractivity contribution in [3.8, 4) is 5.75 Å². The fraction of sp³-hybridized carbons (Fsp3) is 0.389. The highest BCUT2D eigenvalue weighted by Gasteiger charge is 2.12. The van der Waals surface area contributed by atoms with Crippen molar-refractivity contribution in [1.82, 2.24) is 0 Å². The van der Waals surface area contributed by atoms with Crippen molar-refractivity contribution < 1.29 is 14.6 Å². The Morgan fingerprint density at radius 3 is 2.38 bits per heavy atom. The van der Waals surface area contributed by atoms with E-state index in [9.17, 15) is 9.90 Å². The fourth-order valence-electron chi connectivity index (χ4n) is 2.39. The van der Waals surface area contributed by atoms with Gasteiger partial charge < -0.3 is 9.84 Å². The van der Waals surface area contributed by atoms with Crippen molar-refractivity contribution in [2.75, 3.05) is 6.61 Å². The Morgan fingerprint density at radius 1 is 1.05 bits per heavy atom. The zero-order valence-corrected chi connectivity index (χ0v) is 12.5. The minimum absolute atomic E-state index is 0.238. The number of ether oxygens (including phenoxy) is 1. The van der Waals surface area contributed by atoms with E-state index in [1.54, 1.807) is 6.07 Å². The molecular formula is C18H22O3. The fourth-order valence-corrected chi connectivity index (χ4v) is 2.39. The monoisotopic (exact) mass is 286 g/mol. The van der Waals surface area contributed by atoms with Gasteiger partial charge in [-0.25, -0.2) is 4.79 Å². The van der Waals surface area contributed by atoms with Crippen LogP contribution in [0.3, 0.4) is 0 Å². The van der Waals surface area contributed by atoms with Crippen molar-refractivity contribution in [3.05, 3.63) is 42.0 Å². The minimum Gasteiger partial charge on any atom is -0.493 e. The van der Waals surface area contributed by atoms with Crippen molar-refractivity contribution in [3.63, 3.8) is 0 Å². The van der Waals surface area contributed by atoms with Gasteiger partial charge in [0.05, 0.1) is 6.61 Å². The molecule has 112 valence electrons. The second-order valence-electron chi connectivity index (χ2n) is 5.26. The predicted octanol–water partition coefficient (Wildman–Crippen LogP) is 4.89. The first-order valence-corrected chi connectivity index (χ1v) is 7.61. The predicted molar refractivity (Wildman–Crippen MR) is 85.2 cm³/mol. The number of carbonyl (C=O) groups is 1. The molecular weight excluding hydrogens is 264 g/mol. The second kappa shape index (κ2) is 7.67. The number of benzene rings is 2. The van der Waals surface area contributed by atoms with Crippen molar-refractivity contribution >= 4 is 16.7 Å². The summed E-state index contributed by atoms with van der Waals surface area (Å²) >= 11 is 0. The molecule has 0 aliphatic heterocycles. The molecule has 0 fully saturated rings. The third-order valence-corrected chi connectivity index (χ3v) is 3.58. The molecule has 3 heteroatoms. The maximum atomic E-state index is 11.4. The van der Waals surface area contributed by atoms with E-state index in [1.165, 1.54) is 19.3 Å². The summed E-state index contributed by atoms with van der Waals surface area (Å²) in [5.41, 5.74) is 0.238. The van der Waals surface area contributed by atoms with Crippen LogP contribution in [0.25, 0.3) is 10.8 Å². The van der Waals surface area contributed by atoms with E-state index in [2.05, 4.69) is 6.92 Å². The normalized spacial score (nSPS) is 10.7. The van der Waals surface area contributed by atoms with E-state index in [-0.39, 0.29) is 5.56 Å². The second-order valence-corrected chi connectivity index (χ2v) is 5.26. The lowest BCUT2D eigenvalue weighted by molar-refractivity contribution is 0.0692. The molecule has 0 atom stereocenters. The van der Waals surface area contributed by atoms with Gasteiger partial charge in [0.15, 0.2) is 0 Å². The SMILES string of the molecule is CCCCCCCOc1cc2ccccc2cc1C(=O)O. The molecule has 3 nitrogen and oxygen atoms in total. The maximum absolute atomic E-state index is 11.4. The van der Waals surface area contributed by atoms with Gasteiger partial charge in [0.25, 0.3) is 0 Å². The highest BCUT2D eigenvalue weighted by atomic mass is 16.5. The summed E-state index contributed by atoms with van der Waals surface area (Å²) in [6.07, 6.45) is 5.77. The van der Waals surface area contributed by atoms with Crippen LogP contribution in [0, 0.1) is 0 Å². The number of aromatic carboxylic acids is 1. The Kier molecular flexibility index (Phi) is 5.61. The number of unbranched alkanes of at least 4 members (excludes halogenated alkanes) is 4. The molecule has 0 saturated heterocycles. The van der Waals surface area contributed by atoms with Gasteiger partial charge in [-0.2, -0.15) is 0 Å². The number of hydrogen-bond donors (Lipinski definition) is 1. The molecule has 0 heterocycles. The molecule has 0 aliphatic carbocycles. The smallest absolute Gasteiger partial charge is 0.339 e. The van der Waals surface area contributed by atoms with Gasteiger partial charge in [0.2, 0.25) is 0 Å². The van der Waals surface area contributed by atoms with Gasteiger partial charge >= 0.3 is 5.97 Å². The third-order valence-electron chi connectivity index (χ3n) is 3.58. The molecule has 21 heavy (non-hydrogen) atoms. The lowest BCUT2D eigenvalue weighted by Gasteiger charge is -2.10. The minimum atomic E-state index is -0.943. The number of fused-ring (bicyclic) bond motifs is 1. The van der Waals surface area contributed by atoms with Gasteiger partial charge in [-0.15, -0.1) is 0 Å². The van der Waals surface area contributed by atoms with E-state index in [1.807, 2.05) is 30.3 Å². The molecule has 2 rings (SSSR count). The number of rotatable bonds is 8. The van der Waals surface area contributed by atoms with Crippen LogP contribution in [0.15, 0.2) is 36.4 Å². The molecule has 0 bridgehead atoms. The van der Waals surface area contributed by atoms with Crippen LogP contribution in [0.4, 0.5) is 0 Å². The first-order valence-electron chi connectivity index (χ1n) is 7.61. The highest BCUT2D eigenvalue weighted by Crippen LogP contribution is 2.26. The average molecular weight is 286 g/mol. The third kappa shape index (κ3) is 4.22. The van der Waals surface area contributed by atoms with Gasteiger partial charge in [-0.3, -0.25) is 0 Å². The van der Waals surface area contributed by atoms with E-state index in [0.29, 0.717) is 12.4 Å². The molecule has 0 unspecified atom stereocenters. The zero-order chi connectivity index (χ0) is 15.1. The Hall–Kier alpha value is -2.03. The number of carboxylic acids is 1.